The average molecular weight is 245 g/mol. The first-order chi connectivity index (χ1) is 7.88. The fourth-order valence-electron chi connectivity index (χ4n) is 1.87. The Morgan fingerprint density at radius 1 is 1.35 bits per heavy atom. The molecule has 1 saturated carbocycles. The van der Waals surface area contributed by atoms with Crippen molar-refractivity contribution in [1.82, 2.24) is 0 Å². The van der Waals surface area contributed by atoms with Gasteiger partial charge in [-0.05, 0) is 30.5 Å². The van der Waals surface area contributed by atoms with Crippen molar-refractivity contribution < 1.29 is 18.3 Å². The maximum absolute atomic E-state index is 12.5. The van der Waals surface area contributed by atoms with Crippen LogP contribution in [0.3, 0.4) is 0 Å². The minimum atomic E-state index is -4.40. The zero-order chi connectivity index (χ0) is 12.6. The van der Waals surface area contributed by atoms with Gasteiger partial charge in [0.05, 0.1) is 5.56 Å². The number of benzene rings is 1. The number of nitrogens with two attached hydrogens (primary N) is 1. The molecule has 1 aliphatic rings. The van der Waals surface area contributed by atoms with Gasteiger partial charge in [0.2, 0.25) is 0 Å². The maximum atomic E-state index is 12.5. The highest BCUT2D eigenvalue weighted by Gasteiger charge is 2.32. The Bertz CT molecular complexity index is 413. The third-order valence-electron chi connectivity index (χ3n) is 3.04. The SMILES string of the molecule is N[C@@H](CC1CC1)c1cc(C(F)(F)F)ccc1O. The number of rotatable bonds is 3. The fraction of sp³-hybridized carbons (Fsp3) is 0.500. The van der Waals surface area contributed by atoms with Gasteiger partial charge in [0.15, 0.2) is 0 Å². The average Bonchev–Trinajstić information content (AvgIpc) is 3.00. The van der Waals surface area contributed by atoms with E-state index in [2.05, 4.69) is 0 Å². The van der Waals surface area contributed by atoms with Crippen LogP contribution in [0.1, 0.15) is 36.4 Å². The summed E-state index contributed by atoms with van der Waals surface area (Å²) in [4.78, 5) is 0. The summed E-state index contributed by atoms with van der Waals surface area (Å²) in [6, 6.07) is 2.35. The van der Waals surface area contributed by atoms with Crippen LogP contribution < -0.4 is 5.73 Å². The van der Waals surface area contributed by atoms with Gasteiger partial charge in [-0.2, -0.15) is 13.2 Å². The molecular formula is C12H14F3NO. The van der Waals surface area contributed by atoms with Gasteiger partial charge in [0.1, 0.15) is 5.75 Å². The molecule has 0 saturated heterocycles. The Kier molecular flexibility index (Phi) is 3.03. The van der Waals surface area contributed by atoms with E-state index in [1.807, 2.05) is 0 Å². The quantitative estimate of drug-likeness (QED) is 0.858. The van der Waals surface area contributed by atoms with Crippen molar-refractivity contribution in [2.45, 2.75) is 31.5 Å². The second-order valence-electron chi connectivity index (χ2n) is 4.56. The largest absolute Gasteiger partial charge is 0.508 e. The molecule has 0 radical (unpaired) electrons. The molecule has 17 heavy (non-hydrogen) atoms. The molecule has 1 fully saturated rings. The van der Waals surface area contributed by atoms with Gasteiger partial charge in [0, 0.05) is 11.6 Å². The van der Waals surface area contributed by atoms with Crippen LogP contribution in [0, 0.1) is 5.92 Å². The van der Waals surface area contributed by atoms with Crippen LogP contribution in [0.5, 0.6) is 5.75 Å². The first-order valence-electron chi connectivity index (χ1n) is 5.53. The van der Waals surface area contributed by atoms with Gasteiger partial charge < -0.3 is 10.8 Å². The van der Waals surface area contributed by atoms with Gasteiger partial charge in [-0.1, -0.05) is 12.8 Å². The van der Waals surface area contributed by atoms with Crippen LogP contribution in [-0.2, 0) is 6.18 Å². The Morgan fingerprint density at radius 2 is 2.00 bits per heavy atom. The Hall–Kier alpha value is -1.23. The van der Waals surface area contributed by atoms with Crippen LogP contribution in [-0.4, -0.2) is 5.11 Å². The summed E-state index contributed by atoms with van der Waals surface area (Å²) in [6.07, 6.45) is -1.61. The normalized spacial score (nSPS) is 18.1. The van der Waals surface area contributed by atoms with E-state index in [0.717, 1.165) is 31.0 Å². The molecule has 5 heteroatoms. The molecular weight excluding hydrogens is 231 g/mol. The standard InChI is InChI=1S/C12H14F3NO/c13-12(14,15)8-3-4-11(17)9(6-8)10(16)5-7-1-2-7/h3-4,6-7,10,17H,1-2,5,16H2/t10-/m0/s1. The van der Waals surface area contributed by atoms with Crippen LogP contribution in [0.2, 0.25) is 0 Å². The van der Waals surface area contributed by atoms with E-state index in [0.29, 0.717) is 12.3 Å². The van der Waals surface area contributed by atoms with Crippen molar-refractivity contribution in [2.75, 3.05) is 0 Å². The highest BCUT2D eigenvalue weighted by Crippen LogP contribution is 2.40. The predicted molar refractivity (Wildman–Crippen MR) is 57.4 cm³/mol. The lowest BCUT2D eigenvalue weighted by Gasteiger charge is -2.15. The third-order valence-corrected chi connectivity index (χ3v) is 3.04. The molecule has 0 aliphatic heterocycles. The Balaban J connectivity index is 2.24. The van der Waals surface area contributed by atoms with Crippen molar-refractivity contribution in [1.29, 1.82) is 0 Å². The van der Waals surface area contributed by atoms with Crippen molar-refractivity contribution >= 4 is 0 Å². The highest BCUT2D eigenvalue weighted by atomic mass is 19.4. The van der Waals surface area contributed by atoms with E-state index in [-0.39, 0.29) is 11.3 Å². The maximum Gasteiger partial charge on any atom is 0.416 e. The topological polar surface area (TPSA) is 46.2 Å². The number of hydrogen-bond acceptors (Lipinski definition) is 2. The smallest absolute Gasteiger partial charge is 0.416 e. The molecule has 1 atom stereocenters. The summed E-state index contributed by atoms with van der Waals surface area (Å²) in [5.74, 6) is 0.338. The summed E-state index contributed by atoms with van der Waals surface area (Å²) >= 11 is 0. The summed E-state index contributed by atoms with van der Waals surface area (Å²) in [5, 5.41) is 9.56. The Morgan fingerprint density at radius 3 is 2.53 bits per heavy atom. The molecule has 2 nitrogen and oxygen atoms in total. The molecule has 0 spiro atoms. The Labute approximate surface area is 97.2 Å². The van der Waals surface area contributed by atoms with Gasteiger partial charge in [0.25, 0.3) is 0 Å². The van der Waals surface area contributed by atoms with Crippen molar-refractivity contribution in [3.8, 4) is 5.75 Å². The number of halogens is 3. The van der Waals surface area contributed by atoms with Crippen LogP contribution in [0.25, 0.3) is 0 Å². The zero-order valence-electron chi connectivity index (χ0n) is 9.17. The molecule has 0 bridgehead atoms. The molecule has 94 valence electrons. The summed E-state index contributed by atoms with van der Waals surface area (Å²) < 4.78 is 37.5. The molecule has 1 aromatic carbocycles. The lowest BCUT2D eigenvalue weighted by molar-refractivity contribution is -0.137. The molecule has 0 unspecified atom stereocenters. The first kappa shape index (κ1) is 12.2. The first-order valence-corrected chi connectivity index (χ1v) is 5.53. The van der Waals surface area contributed by atoms with Gasteiger partial charge in [-0.3, -0.25) is 0 Å². The summed E-state index contributed by atoms with van der Waals surface area (Å²) in [6.45, 7) is 0. The van der Waals surface area contributed by atoms with E-state index >= 15 is 0 Å². The molecule has 0 amide bonds. The highest BCUT2D eigenvalue weighted by molar-refractivity contribution is 5.39. The molecule has 1 aromatic rings. The van der Waals surface area contributed by atoms with E-state index in [4.69, 9.17) is 5.73 Å². The number of hydrogen-bond donors (Lipinski definition) is 2. The number of alkyl halides is 3. The van der Waals surface area contributed by atoms with Crippen LogP contribution >= 0.6 is 0 Å². The second-order valence-corrected chi connectivity index (χ2v) is 4.56. The monoisotopic (exact) mass is 245 g/mol. The van der Waals surface area contributed by atoms with Crippen molar-refractivity contribution in [3.63, 3.8) is 0 Å². The molecule has 1 aliphatic carbocycles. The van der Waals surface area contributed by atoms with Crippen molar-refractivity contribution in [2.24, 2.45) is 11.7 Å². The van der Waals surface area contributed by atoms with E-state index in [1.165, 1.54) is 0 Å². The molecule has 3 N–H and O–H groups in total. The third kappa shape index (κ3) is 2.91. The summed E-state index contributed by atoms with van der Waals surface area (Å²) in [7, 11) is 0. The fourth-order valence-corrected chi connectivity index (χ4v) is 1.87. The lowest BCUT2D eigenvalue weighted by atomic mass is 9.99. The minimum absolute atomic E-state index is 0.161. The number of aromatic hydroxyl groups is 1. The van der Waals surface area contributed by atoms with Gasteiger partial charge in [-0.15, -0.1) is 0 Å². The molecule has 0 aromatic heterocycles. The number of phenols is 1. The molecule has 0 heterocycles. The second kappa shape index (κ2) is 4.22. The summed E-state index contributed by atoms with van der Waals surface area (Å²) in [5.41, 5.74) is 5.24. The minimum Gasteiger partial charge on any atom is -0.508 e. The predicted octanol–water partition coefficient (Wildman–Crippen LogP) is 3.21. The zero-order valence-corrected chi connectivity index (χ0v) is 9.17. The van der Waals surface area contributed by atoms with E-state index < -0.39 is 17.8 Å². The van der Waals surface area contributed by atoms with Crippen molar-refractivity contribution in [3.05, 3.63) is 29.3 Å². The van der Waals surface area contributed by atoms with Crippen LogP contribution in [0.15, 0.2) is 18.2 Å². The lowest BCUT2D eigenvalue weighted by Crippen LogP contribution is -2.13. The number of phenolic OH excluding ortho intramolecular Hbond substituents is 1. The van der Waals surface area contributed by atoms with Gasteiger partial charge in [-0.25, -0.2) is 0 Å². The van der Waals surface area contributed by atoms with E-state index in [1.54, 1.807) is 0 Å². The molecule has 2 rings (SSSR count). The van der Waals surface area contributed by atoms with Crippen LogP contribution in [0.4, 0.5) is 13.2 Å². The van der Waals surface area contributed by atoms with E-state index in [9.17, 15) is 18.3 Å². The van der Waals surface area contributed by atoms with Gasteiger partial charge >= 0.3 is 6.18 Å².